The topological polar surface area (TPSA) is 12.5 Å². The Morgan fingerprint density at radius 3 is 2.13 bits per heavy atom. The molecule has 1 atom stereocenters. The maximum absolute atomic E-state index is 6.06. The number of hydrogen-bond donors (Lipinski definition) is 0. The summed E-state index contributed by atoms with van der Waals surface area (Å²) in [6.45, 7) is 15.6. The van der Waals surface area contributed by atoms with Crippen molar-refractivity contribution in [1.29, 1.82) is 0 Å². The van der Waals surface area contributed by atoms with E-state index in [0.717, 1.165) is 6.54 Å². The molecule has 1 rings (SSSR count). The minimum absolute atomic E-state index is 0.00837. The van der Waals surface area contributed by atoms with Crippen LogP contribution in [0.5, 0.6) is 0 Å². The molecule has 1 saturated heterocycles. The Balaban J connectivity index is 2.50. The lowest BCUT2D eigenvalue weighted by Crippen LogP contribution is -2.50. The predicted octanol–water partition coefficient (Wildman–Crippen LogP) is 3.06. The largest absolute Gasteiger partial charge is 0.371 e. The van der Waals surface area contributed by atoms with Crippen molar-refractivity contribution in [3.05, 3.63) is 0 Å². The Hall–Kier alpha value is -0.0800. The van der Waals surface area contributed by atoms with Gasteiger partial charge in [0.15, 0.2) is 0 Å². The van der Waals surface area contributed by atoms with Crippen LogP contribution >= 0.6 is 0 Å². The number of rotatable bonds is 1. The van der Waals surface area contributed by atoms with E-state index in [9.17, 15) is 0 Å². The average molecular weight is 213 g/mol. The van der Waals surface area contributed by atoms with E-state index in [1.807, 2.05) is 0 Å². The van der Waals surface area contributed by atoms with E-state index in [2.05, 4.69) is 46.4 Å². The Labute approximate surface area is 95.0 Å². The van der Waals surface area contributed by atoms with Crippen LogP contribution in [-0.4, -0.2) is 35.2 Å². The Bertz CT molecular complexity index is 200. The third kappa shape index (κ3) is 4.52. The molecule has 1 fully saturated rings. The molecular formula is C13H27NO. The van der Waals surface area contributed by atoms with Crippen LogP contribution in [0.3, 0.4) is 0 Å². The van der Waals surface area contributed by atoms with Crippen LogP contribution in [0.2, 0.25) is 0 Å². The standard InChI is InChI=1S/C13H27NO/c1-12(2,3)14-9-7-8-11(10-14)15-13(4,5)6/h11H,7-10H2,1-6H3/t11-/m1/s1. The van der Waals surface area contributed by atoms with E-state index in [4.69, 9.17) is 4.74 Å². The molecule has 0 radical (unpaired) electrons. The fourth-order valence-electron chi connectivity index (χ4n) is 2.14. The summed E-state index contributed by atoms with van der Waals surface area (Å²) in [4.78, 5) is 2.53. The Kier molecular flexibility index (Phi) is 3.83. The summed E-state index contributed by atoms with van der Waals surface area (Å²) >= 11 is 0. The molecule has 0 spiro atoms. The van der Waals surface area contributed by atoms with Crippen LogP contribution in [-0.2, 0) is 4.74 Å². The molecule has 1 aliphatic rings. The summed E-state index contributed by atoms with van der Waals surface area (Å²) in [5.41, 5.74) is 0.269. The molecule has 90 valence electrons. The Morgan fingerprint density at radius 2 is 1.67 bits per heavy atom. The van der Waals surface area contributed by atoms with Crippen LogP contribution in [0, 0.1) is 0 Å². The average Bonchev–Trinajstić information content (AvgIpc) is 1.99. The number of nitrogens with zero attached hydrogens (tertiary/aromatic N) is 1. The van der Waals surface area contributed by atoms with E-state index in [-0.39, 0.29) is 11.1 Å². The van der Waals surface area contributed by atoms with Gasteiger partial charge in [0.2, 0.25) is 0 Å². The van der Waals surface area contributed by atoms with Gasteiger partial charge >= 0.3 is 0 Å². The zero-order chi connectivity index (χ0) is 11.7. The highest BCUT2D eigenvalue weighted by Crippen LogP contribution is 2.24. The first-order valence-electron chi connectivity index (χ1n) is 6.11. The highest BCUT2D eigenvalue weighted by atomic mass is 16.5. The molecule has 1 aliphatic heterocycles. The first-order valence-corrected chi connectivity index (χ1v) is 6.11. The van der Waals surface area contributed by atoms with Gasteiger partial charge in [-0.25, -0.2) is 0 Å². The van der Waals surface area contributed by atoms with E-state index in [1.165, 1.54) is 19.4 Å². The molecule has 0 aromatic rings. The Morgan fingerprint density at radius 1 is 1.07 bits per heavy atom. The minimum Gasteiger partial charge on any atom is -0.371 e. The van der Waals surface area contributed by atoms with Crippen molar-refractivity contribution < 1.29 is 4.74 Å². The molecule has 0 unspecified atom stereocenters. The van der Waals surface area contributed by atoms with Crippen molar-refractivity contribution in [1.82, 2.24) is 4.90 Å². The second-order valence-electron chi connectivity index (χ2n) is 6.61. The number of piperidine rings is 1. The van der Waals surface area contributed by atoms with E-state index in [0.29, 0.717) is 6.10 Å². The van der Waals surface area contributed by atoms with Crippen LogP contribution in [0.25, 0.3) is 0 Å². The van der Waals surface area contributed by atoms with Gasteiger partial charge in [0.05, 0.1) is 11.7 Å². The molecule has 0 amide bonds. The number of hydrogen-bond acceptors (Lipinski definition) is 2. The maximum atomic E-state index is 6.06. The molecule has 2 heteroatoms. The lowest BCUT2D eigenvalue weighted by Gasteiger charge is -2.43. The third-order valence-electron chi connectivity index (χ3n) is 2.85. The van der Waals surface area contributed by atoms with Gasteiger partial charge < -0.3 is 4.74 Å². The highest BCUT2D eigenvalue weighted by molar-refractivity contribution is 4.83. The van der Waals surface area contributed by atoms with Crippen molar-refractivity contribution in [3.8, 4) is 0 Å². The molecule has 0 aromatic heterocycles. The number of ether oxygens (including phenoxy) is 1. The van der Waals surface area contributed by atoms with Gasteiger partial charge in [-0.2, -0.15) is 0 Å². The molecule has 0 aromatic carbocycles. The van der Waals surface area contributed by atoms with Crippen molar-refractivity contribution in [2.24, 2.45) is 0 Å². The first-order chi connectivity index (χ1) is 6.68. The molecule has 2 nitrogen and oxygen atoms in total. The minimum atomic E-state index is -0.00837. The fourth-order valence-corrected chi connectivity index (χ4v) is 2.14. The summed E-state index contributed by atoms with van der Waals surface area (Å²) in [5, 5.41) is 0. The normalized spacial score (nSPS) is 25.6. The van der Waals surface area contributed by atoms with E-state index >= 15 is 0 Å². The summed E-state index contributed by atoms with van der Waals surface area (Å²) in [5.74, 6) is 0. The zero-order valence-corrected chi connectivity index (χ0v) is 11.3. The van der Waals surface area contributed by atoms with Gasteiger partial charge in [-0.15, -0.1) is 0 Å². The van der Waals surface area contributed by atoms with Gasteiger partial charge in [-0.05, 0) is 60.9 Å². The molecule has 0 N–H and O–H groups in total. The van der Waals surface area contributed by atoms with E-state index in [1.54, 1.807) is 0 Å². The molecule has 1 heterocycles. The van der Waals surface area contributed by atoms with Crippen LogP contribution in [0.4, 0.5) is 0 Å². The molecular weight excluding hydrogens is 186 g/mol. The van der Waals surface area contributed by atoms with Gasteiger partial charge in [-0.1, -0.05) is 0 Å². The lowest BCUT2D eigenvalue weighted by atomic mass is 9.99. The monoisotopic (exact) mass is 213 g/mol. The van der Waals surface area contributed by atoms with Gasteiger partial charge in [0, 0.05) is 12.1 Å². The van der Waals surface area contributed by atoms with E-state index < -0.39 is 0 Å². The van der Waals surface area contributed by atoms with Crippen molar-refractivity contribution in [3.63, 3.8) is 0 Å². The fraction of sp³-hybridized carbons (Fsp3) is 1.00. The summed E-state index contributed by atoms with van der Waals surface area (Å²) < 4.78 is 6.06. The van der Waals surface area contributed by atoms with Gasteiger partial charge in [0.1, 0.15) is 0 Å². The molecule has 0 bridgehead atoms. The molecule has 0 saturated carbocycles. The first kappa shape index (κ1) is 13.0. The molecule has 15 heavy (non-hydrogen) atoms. The smallest absolute Gasteiger partial charge is 0.0709 e. The second-order valence-corrected chi connectivity index (χ2v) is 6.61. The quantitative estimate of drug-likeness (QED) is 0.664. The van der Waals surface area contributed by atoms with Crippen molar-refractivity contribution in [2.45, 2.75) is 71.6 Å². The predicted molar refractivity (Wildman–Crippen MR) is 65.2 cm³/mol. The second kappa shape index (κ2) is 4.42. The lowest BCUT2D eigenvalue weighted by molar-refractivity contribution is -0.0973. The highest BCUT2D eigenvalue weighted by Gasteiger charge is 2.30. The molecule has 0 aliphatic carbocycles. The third-order valence-corrected chi connectivity index (χ3v) is 2.85. The van der Waals surface area contributed by atoms with Gasteiger partial charge in [-0.3, -0.25) is 4.90 Å². The SMILES string of the molecule is CC(C)(C)O[C@@H]1CCCN(C(C)(C)C)C1. The zero-order valence-electron chi connectivity index (χ0n) is 11.3. The summed E-state index contributed by atoms with van der Waals surface area (Å²) in [7, 11) is 0. The van der Waals surface area contributed by atoms with Gasteiger partial charge in [0.25, 0.3) is 0 Å². The maximum Gasteiger partial charge on any atom is 0.0709 e. The van der Waals surface area contributed by atoms with Crippen LogP contribution in [0.1, 0.15) is 54.4 Å². The van der Waals surface area contributed by atoms with Crippen LogP contribution in [0.15, 0.2) is 0 Å². The summed E-state index contributed by atoms with van der Waals surface area (Å²) in [6.07, 6.45) is 2.89. The van der Waals surface area contributed by atoms with Crippen LogP contribution < -0.4 is 0 Å². The number of likely N-dealkylation sites (tertiary alicyclic amines) is 1. The van der Waals surface area contributed by atoms with Crippen molar-refractivity contribution in [2.75, 3.05) is 13.1 Å². The summed E-state index contributed by atoms with van der Waals surface area (Å²) in [6, 6.07) is 0. The van der Waals surface area contributed by atoms with Crippen molar-refractivity contribution >= 4 is 0 Å².